The summed E-state index contributed by atoms with van der Waals surface area (Å²) in [6.07, 6.45) is 4.53. The van der Waals surface area contributed by atoms with Gasteiger partial charge in [0.25, 0.3) is 0 Å². The number of nitrogens with one attached hydrogen (secondary N) is 1. The number of carbonyl (C=O) groups excluding carboxylic acids is 1. The van der Waals surface area contributed by atoms with E-state index in [-0.39, 0.29) is 12.5 Å². The molecule has 2 rings (SSSR count). The Labute approximate surface area is 121 Å². The van der Waals surface area contributed by atoms with Gasteiger partial charge in [-0.25, -0.2) is 0 Å². The Morgan fingerprint density at radius 2 is 1.95 bits per heavy atom. The van der Waals surface area contributed by atoms with Crippen LogP contribution in [0.3, 0.4) is 0 Å². The smallest absolute Gasteiger partial charge is 0.325 e. The molecule has 1 aromatic carbocycles. The maximum Gasteiger partial charge on any atom is 0.325 e. The van der Waals surface area contributed by atoms with Gasteiger partial charge in [0.15, 0.2) is 0 Å². The number of benzene rings is 1. The quantitative estimate of drug-likeness (QED) is 0.614. The summed E-state index contributed by atoms with van der Waals surface area (Å²) < 4.78 is 5.10. The van der Waals surface area contributed by atoms with Crippen molar-refractivity contribution in [2.75, 3.05) is 36.5 Å². The highest BCUT2D eigenvalue weighted by Gasteiger charge is 2.11. The fourth-order valence-corrected chi connectivity index (χ4v) is 2.32. The van der Waals surface area contributed by atoms with E-state index in [1.165, 1.54) is 18.5 Å². The Morgan fingerprint density at radius 3 is 2.60 bits per heavy atom. The van der Waals surface area contributed by atoms with Crippen molar-refractivity contribution < 1.29 is 9.53 Å². The average molecular weight is 276 g/mol. The van der Waals surface area contributed by atoms with Gasteiger partial charge in [0.1, 0.15) is 6.54 Å². The molecule has 1 saturated heterocycles. The molecule has 4 nitrogen and oxygen atoms in total. The molecule has 20 heavy (non-hydrogen) atoms. The zero-order valence-electron chi connectivity index (χ0n) is 12.2. The lowest BCUT2D eigenvalue weighted by Crippen LogP contribution is -2.18. The molecule has 4 heteroatoms. The van der Waals surface area contributed by atoms with E-state index in [1.807, 2.05) is 12.1 Å². The van der Waals surface area contributed by atoms with Crippen molar-refractivity contribution in [1.82, 2.24) is 0 Å². The molecule has 0 aliphatic carbocycles. The van der Waals surface area contributed by atoms with Crippen LogP contribution in [-0.2, 0) is 9.53 Å². The van der Waals surface area contributed by atoms with Crippen LogP contribution in [-0.4, -0.2) is 32.2 Å². The zero-order valence-corrected chi connectivity index (χ0v) is 12.2. The van der Waals surface area contributed by atoms with Crippen LogP contribution < -0.4 is 10.2 Å². The molecule has 1 fully saturated rings. The second-order valence-electron chi connectivity index (χ2n) is 5.17. The first-order valence-electron chi connectivity index (χ1n) is 7.54. The summed E-state index contributed by atoms with van der Waals surface area (Å²) in [4.78, 5) is 13.9. The summed E-state index contributed by atoms with van der Waals surface area (Å²) in [7, 11) is 0. The number of carbonyl (C=O) groups is 1. The number of esters is 1. The third-order valence-corrected chi connectivity index (χ3v) is 3.54. The number of rotatable bonds is 7. The molecule has 1 aromatic rings. The molecular weight excluding hydrogens is 252 g/mol. The lowest BCUT2D eigenvalue weighted by Gasteiger charge is -2.17. The Kier molecular flexibility index (Phi) is 5.71. The number of ether oxygens (including phenoxy) is 1. The van der Waals surface area contributed by atoms with Gasteiger partial charge >= 0.3 is 5.97 Å². The van der Waals surface area contributed by atoms with Gasteiger partial charge in [-0.05, 0) is 43.5 Å². The second-order valence-corrected chi connectivity index (χ2v) is 5.17. The third kappa shape index (κ3) is 4.44. The van der Waals surface area contributed by atoms with E-state index in [9.17, 15) is 4.79 Å². The minimum absolute atomic E-state index is 0.193. The SMILES string of the molecule is CCCCOC(=O)CNc1ccc(N2CCCC2)cc1. The molecule has 1 heterocycles. The molecule has 0 saturated carbocycles. The first kappa shape index (κ1) is 14.7. The normalized spacial score (nSPS) is 14.3. The van der Waals surface area contributed by atoms with Crippen molar-refractivity contribution >= 4 is 17.3 Å². The molecule has 110 valence electrons. The average Bonchev–Trinajstić information content (AvgIpc) is 3.00. The van der Waals surface area contributed by atoms with Crippen molar-refractivity contribution in [1.29, 1.82) is 0 Å². The Morgan fingerprint density at radius 1 is 1.25 bits per heavy atom. The summed E-state index contributed by atoms with van der Waals surface area (Å²) in [5.74, 6) is -0.193. The van der Waals surface area contributed by atoms with Crippen LogP contribution in [0.25, 0.3) is 0 Å². The molecule has 1 N–H and O–H groups in total. The van der Waals surface area contributed by atoms with Crippen molar-refractivity contribution in [2.24, 2.45) is 0 Å². The second kappa shape index (κ2) is 7.78. The summed E-state index contributed by atoms with van der Waals surface area (Å²) in [5, 5.41) is 3.10. The zero-order chi connectivity index (χ0) is 14.2. The fourth-order valence-electron chi connectivity index (χ4n) is 2.32. The number of hydrogen-bond donors (Lipinski definition) is 1. The predicted octanol–water partition coefficient (Wildman–Crippen LogP) is 3.04. The highest BCUT2D eigenvalue weighted by Crippen LogP contribution is 2.21. The van der Waals surface area contributed by atoms with Crippen LogP contribution >= 0.6 is 0 Å². The van der Waals surface area contributed by atoms with Gasteiger partial charge in [-0.1, -0.05) is 13.3 Å². The van der Waals surface area contributed by atoms with E-state index >= 15 is 0 Å². The van der Waals surface area contributed by atoms with Crippen molar-refractivity contribution in [3.8, 4) is 0 Å². The standard InChI is InChI=1S/C16H24N2O2/c1-2-3-12-20-16(19)13-17-14-6-8-15(9-7-14)18-10-4-5-11-18/h6-9,17H,2-5,10-13H2,1H3. The molecule has 0 unspecified atom stereocenters. The molecule has 1 aliphatic rings. The predicted molar refractivity (Wildman–Crippen MR) is 82.2 cm³/mol. The van der Waals surface area contributed by atoms with Gasteiger partial charge < -0.3 is 15.0 Å². The number of nitrogens with zero attached hydrogens (tertiary/aromatic N) is 1. The Hall–Kier alpha value is -1.71. The van der Waals surface area contributed by atoms with Crippen molar-refractivity contribution in [3.05, 3.63) is 24.3 Å². The van der Waals surface area contributed by atoms with Crippen molar-refractivity contribution in [2.45, 2.75) is 32.6 Å². The first-order valence-corrected chi connectivity index (χ1v) is 7.54. The minimum atomic E-state index is -0.193. The third-order valence-electron chi connectivity index (χ3n) is 3.54. The van der Waals surface area contributed by atoms with E-state index in [0.29, 0.717) is 6.61 Å². The van der Waals surface area contributed by atoms with Crippen molar-refractivity contribution in [3.63, 3.8) is 0 Å². The van der Waals surface area contributed by atoms with E-state index < -0.39 is 0 Å². The molecule has 0 atom stereocenters. The Bertz CT molecular complexity index is 411. The molecule has 0 amide bonds. The summed E-state index contributed by atoms with van der Waals surface area (Å²) in [5.41, 5.74) is 2.22. The number of anilines is 2. The van der Waals surface area contributed by atoms with Gasteiger partial charge in [0, 0.05) is 24.5 Å². The maximum atomic E-state index is 11.5. The monoisotopic (exact) mass is 276 g/mol. The summed E-state index contributed by atoms with van der Waals surface area (Å²) >= 11 is 0. The molecule has 0 aromatic heterocycles. The summed E-state index contributed by atoms with van der Waals surface area (Å²) in [6.45, 7) is 5.12. The van der Waals surface area contributed by atoms with Crippen LogP contribution in [0.4, 0.5) is 11.4 Å². The maximum absolute atomic E-state index is 11.5. The van der Waals surface area contributed by atoms with E-state index in [1.54, 1.807) is 0 Å². The number of unbranched alkanes of at least 4 members (excludes halogenated alkanes) is 1. The van der Waals surface area contributed by atoms with E-state index in [2.05, 4.69) is 29.3 Å². The molecule has 0 spiro atoms. The van der Waals surface area contributed by atoms with Crippen LogP contribution in [0.5, 0.6) is 0 Å². The summed E-state index contributed by atoms with van der Waals surface area (Å²) in [6, 6.07) is 8.26. The van der Waals surface area contributed by atoms with E-state index in [0.717, 1.165) is 31.6 Å². The lowest BCUT2D eigenvalue weighted by molar-refractivity contribution is -0.141. The highest BCUT2D eigenvalue weighted by molar-refractivity contribution is 5.75. The highest BCUT2D eigenvalue weighted by atomic mass is 16.5. The van der Waals surface area contributed by atoms with Crippen LogP contribution in [0.15, 0.2) is 24.3 Å². The van der Waals surface area contributed by atoms with Crippen LogP contribution in [0, 0.1) is 0 Å². The molecule has 0 radical (unpaired) electrons. The topological polar surface area (TPSA) is 41.6 Å². The van der Waals surface area contributed by atoms with Gasteiger partial charge in [0.05, 0.1) is 6.61 Å². The molecule has 1 aliphatic heterocycles. The van der Waals surface area contributed by atoms with Gasteiger partial charge in [-0.2, -0.15) is 0 Å². The minimum Gasteiger partial charge on any atom is -0.464 e. The van der Waals surface area contributed by atoms with Gasteiger partial charge in [0.2, 0.25) is 0 Å². The van der Waals surface area contributed by atoms with Crippen LogP contribution in [0.1, 0.15) is 32.6 Å². The van der Waals surface area contributed by atoms with E-state index in [4.69, 9.17) is 4.74 Å². The van der Waals surface area contributed by atoms with Crippen LogP contribution in [0.2, 0.25) is 0 Å². The lowest BCUT2D eigenvalue weighted by atomic mass is 10.2. The van der Waals surface area contributed by atoms with Gasteiger partial charge in [-0.3, -0.25) is 4.79 Å². The van der Waals surface area contributed by atoms with Gasteiger partial charge in [-0.15, -0.1) is 0 Å². The molecule has 0 bridgehead atoms. The fraction of sp³-hybridized carbons (Fsp3) is 0.562. The first-order chi connectivity index (χ1) is 9.79. The largest absolute Gasteiger partial charge is 0.464 e. The molecular formula is C16H24N2O2. The number of hydrogen-bond acceptors (Lipinski definition) is 4. The Balaban J connectivity index is 1.74.